The summed E-state index contributed by atoms with van der Waals surface area (Å²) in [4.78, 5) is 11.9. The molecule has 0 saturated heterocycles. The maximum Gasteiger partial charge on any atom is 0.244 e. The lowest BCUT2D eigenvalue weighted by Gasteiger charge is -2.04. The highest BCUT2D eigenvalue weighted by Gasteiger charge is 2.12. The summed E-state index contributed by atoms with van der Waals surface area (Å²) in [5.74, 6) is -0.103. The van der Waals surface area contributed by atoms with Gasteiger partial charge in [-0.3, -0.25) is 4.79 Å². The molecular formula is C19H19N3O. The molecule has 4 heteroatoms. The molecule has 0 saturated carbocycles. The smallest absolute Gasteiger partial charge is 0.244 e. The molecule has 1 N–H and O–H groups in total. The van der Waals surface area contributed by atoms with Crippen molar-refractivity contribution >= 4 is 17.5 Å². The minimum atomic E-state index is -0.103. The van der Waals surface area contributed by atoms with Crippen LogP contribution in [-0.2, 0) is 4.79 Å². The number of aromatic nitrogens is 2. The minimum absolute atomic E-state index is 0.103. The number of pyridine rings is 1. The van der Waals surface area contributed by atoms with E-state index in [0.717, 1.165) is 22.3 Å². The van der Waals surface area contributed by atoms with E-state index in [2.05, 4.69) is 10.4 Å². The van der Waals surface area contributed by atoms with E-state index in [1.54, 1.807) is 6.08 Å². The van der Waals surface area contributed by atoms with Crippen molar-refractivity contribution < 1.29 is 4.79 Å². The van der Waals surface area contributed by atoms with Gasteiger partial charge in [0.2, 0.25) is 5.91 Å². The summed E-state index contributed by atoms with van der Waals surface area (Å²) in [5, 5.41) is 7.52. The van der Waals surface area contributed by atoms with Crippen LogP contribution < -0.4 is 5.32 Å². The van der Waals surface area contributed by atoms with Gasteiger partial charge in [-0.1, -0.05) is 36.4 Å². The summed E-state index contributed by atoms with van der Waals surface area (Å²) < 4.78 is 1.84. The second-order valence-corrected chi connectivity index (χ2v) is 5.66. The summed E-state index contributed by atoms with van der Waals surface area (Å²) >= 11 is 0. The van der Waals surface area contributed by atoms with E-state index >= 15 is 0 Å². The number of hydrogen-bond donors (Lipinski definition) is 1. The molecule has 0 spiro atoms. The Kier molecular flexibility index (Phi) is 4.24. The Morgan fingerprint density at radius 1 is 1.13 bits per heavy atom. The fourth-order valence-corrected chi connectivity index (χ4v) is 2.48. The van der Waals surface area contributed by atoms with Crippen LogP contribution in [0, 0.1) is 0 Å². The third-order valence-corrected chi connectivity index (χ3v) is 3.46. The fourth-order valence-electron chi connectivity index (χ4n) is 2.48. The fraction of sp³-hybridized carbons (Fsp3) is 0.158. The molecule has 1 aromatic carbocycles. The number of amides is 1. The summed E-state index contributed by atoms with van der Waals surface area (Å²) in [5.41, 5.74) is 3.81. The zero-order valence-electron chi connectivity index (χ0n) is 13.2. The monoisotopic (exact) mass is 305 g/mol. The highest BCUT2D eigenvalue weighted by atomic mass is 16.1. The second kappa shape index (κ2) is 6.48. The zero-order chi connectivity index (χ0) is 16.2. The second-order valence-electron chi connectivity index (χ2n) is 5.66. The Labute approximate surface area is 135 Å². The molecule has 0 unspecified atom stereocenters. The number of carbonyl (C=O) groups excluding carboxylic acids is 1. The van der Waals surface area contributed by atoms with Crippen LogP contribution in [0.25, 0.3) is 22.9 Å². The van der Waals surface area contributed by atoms with E-state index in [4.69, 9.17) is 0 Å². The molecule has 0 radical (unpaired) electrons. The first-order valence-corrected chi connectivity index (χ1v) is 7.66. The number of fused-ring (bicyclic) bond motifs is 1. The number of nitrogens with one attached hydrogen (secondary N) is 1. The van der Waals surface area contributed by atoms with Gasteiger partial charge in [0.25, 0.3) is 0 Å². The topological polar surface area (TPSA) is 46.4 Å². The van der Waals surface area contributed by atoms with E-state index in [-0.39, 0.29) is 11.9 Å². The van der Waals surface area contributed by atoms with Crippen molar-refractivity contribution in [3.8, 4) is 11.3 Å². The summed E-state index contributed by atoms with van der Waals surface area (Å²) in [7, 11) is 0. The molecule has 2 aromatic heterocycles. The van der Waals surface area contributed by atoms with Crippen LogP contribution in [0.15, 0.2) is 60.8 Å². The third kappa shape index (κ3) is 3.31. The van der Waals surface area contributed by atoms with Gasteiger partial charge in [0.05, 0.1) is 5.52 Å². The molecule has 1 amide bonds. The molecule has 3 rings (SSSR count). The highest BCUT2D eigenvalue weighted by molar-refractivity contribution is 5.95. The Bertz CT molecular complexity index is 847. The van der Waals surface area contributed by atoms with Crippen LogP contribution in [0.1, 0.15) is 19.4 Å². The van der Waals surface area contributed by atoms with Gasteiger partial charge < -0.3 is 5.32 Å². The lowest BCUT2D eigenvalue weighted by molar-refractivity contribution is -0.116. The van der Waals surface area contributed by atoms with E-state index in [9.17, 15) is 4.79 Å². The zero-order valence-corrected chi connectivity index (χ0v) is 13.2. The van der Waals surface area contributed by atoms with Crippen molar-refractivity contribution in [1.29, 1.82) is 0 Å². The maximum absolute atomic E-state index is 11.9. The van der Waals surface area contributed by atoms with E-state index in [1.165, 1.54) is 0 Å². The van der Waals surface area contributed by atoms with Gasteiger partial charge in [-0.2, -0.15) is 5.10 Å². The Hall–Kier alpha value is -2.88. The van der Waals surface area contributed by atoms with Crippen LogP contribution >= 0.6 is 0 Å². The Balaban J connectivity index is 2.07. The van der Waals surface area contributed by atoms with E-state index in [1.807, 2.05) is 79.2 Å². The predicted octanol–water partition coefficient (Wildman–Crippen LogP) is 3.54. The number of carbonyl (C=O) groups is 1. The molecule has 0 bridgehead atoms. The van der Waals surface area contributed by atoms with Crippen molar-refractivity contribution in [2.45, 2.75) is 19.9 Å². The third-order valence-electron chi connectivity index (χ3n) is 3.46. The highest BCUT2D eigenvalue weighted by Crippen LogP contribution is 2.27. The van der Waals surface area contributed by atoms with Crippen LogP contribution in [0.3, 0.4) is 0 Å². The van der Waals surface area contributed by atoms with Crippen molar-refractivity contribution in [3.63, 3.8) is 0 Å². The standard InChI is InChI=1S/C19H19N3O/c1-14(2)20-18(23)12-11-16-17-10-6-7-13-22(17)21-19(16)15-8-4-3-5-9-15/h3-14H,1-2H3,(H,20,23). The number of benzene rings is 1. The van der Waals surface area contributed by atoms with Crippen LogP contribution in [0.4, 0.5) is 0 Å². The molecule has 0 aliphatic heterocycles. The van der Waals surface area contributed by atoms with Crippen LogP contribution in [-0.4, -0.2) is 21.6 Å². The van der Waals surface area contributed by atoms with Gasteiger partial charge in [-0.25, -0.2) is 4.52 Å². The van der Waals surface area contributed by atoms with Crippen molar-refractivity contribution in [2.75, 3.05) is 0 Å². The first-order valence-electron chi connectivity index (χ1n) is 7.66. The lowest BCUT2D eigenvalue weighted by atomic mass is 10.1. The number of rotatable bonds is 4. The maximum atomic E-state index is 11.9. The van der Waals surface area contributed by atoms with Gasteiger partial charge in [0, 0.05) is 29.4 Å². The molecule has 0 aliphatic rings. The van der Waals surface area contributed by atoms with E-state index < -0.39 is 0 Å². The van der Waals surface area contributed by atoms with Crippen molar-refractivity contribution in [3.05, 3.63) is 66.4 Å². The summed E-state index contributed by atoms with van der Waals surface area (Å²) in [6.07, 6.45) is 5.31. The molecule has 0 aliphatic carbocycles. The number of nitrogens with zero attached hydrogens (tertiary/aromatic N) is 2. The summed E-state index contributed by atoms with van der Waals surface area (Å²) in [6, 6.07) is 16.0. The Morgan fingerprint density at radius 3 is 2.61 bits per heavy atom. The molecule has 0 atom stereocenters. The van der Waals surface area contributed by atoms with Crippen molar-refractivity contribution in [1.82, 2.24) is 14.9 Å². The van der Waals surface area contributed by atoms with Gasteiger partial charge in [0.1, 0.15) is 5.69 Å². The first-order chi connectivity index (χ1) is 11.1. The van der Waals surface area contributed by atoms with Crippen LogP contribution in [0.5, 0.6) is 0 Å². The molecule has 116 valence electrons. The Morgan fingerprint density at radius 2 is 1.87 bits per heavy atom. The molecular weight excluding hydrogens is 286 g/mol. The van der Waals surface area contributed by atoms with Crippen LogP contribution in [0.2, 0.25) is 0 Å². The average molecular weight is 305 g/mol. The largest absolute Gasteiger partial charge is 0.350 e. The van der Waals surface area contributed by atoms with Gasteiger partial charge in [-0.15, -0.1) is 0 Å². The van der Waals surface area contributed by atoms with E-state index in [0.29, 0.717) is 0 Å². The quantitative estimate of drug-likeness (QED) is 0.749. The summed E-state index contributed by atoms with van der Waals surface area (Å²) in [6.45, 7) is 3.88. The normalized spacial score (nSPS) is 11.4. The molecule has 4 nitrogen and oxygen atoms in total. The average Bonchev–Trinajstić information content (AvgIpc) is 2.92. The predicted molar refractivity (Wildman–Crippen MR) is 92.9 cm³/mol. The molecule has 23 heavy (non-hydrogen) atoms. The van der Waals surface area contributed by atoms with Gasteiger partial charge in [0.15, 0.2) is 0 Å². The lowest BCUT2D eigenvalue weighted by Crippen LogP contribution is -2.28. The minimum Gasteiger partial charge on any atom is -0.350 e. The molecule has 2 heterocycles. The molecule has 3 aromatic rings. The van der Waals surface area contributed by atoms with Crippen molar-refractivity contribution in [2.24, 2.45) is 0 Å². The molecule has 0 fully saturated rings. The first kappa shape index (κ1) is 15.0. The SMILES string of the molecule is CC(C)NC(=O)C=Cc1c(-c2ccccc2)nn2ccccc12. The van der Waals surface area contributed by atoms with Gasteiger partial charge >= 0.3 is 0 Å². The van der Waals surface area contributed by atoms with Gasteiger partial charge in [-0.05, 0) is 32.1 Å². The number of hydrogen-bond acceptors (Lipinski definition) is 2.